The second-order valence-electron chi connectivity index (χ2n) is 26.8. The number of aromatic nitrogens is 12. The molecule has 6 aromatic rings. The fourth-order valence-electron chi connectivity index (χ4n) is 14.6. The lowest BCUT2D eigenvalue weighted by Crippen LogP contribution is -2.35. The van der Waals surface area contributed by atoms with Crippen LogP contribution in [0.4, 0.5) is 17.5 Å². The number of imidazole rings is 3. The van der Waals surface area contributed by atoms with Crippen LogP contribution in [0.2, 0.25) is 0 Å². The van der Waals surface area contributed by atoms with Crippen LogP contribution in [-0.2, 0) is 69.4 Å². The van der Waals surface area contributed by atoms with Gasteiger partial charge in [-0.1, -0.05) is 76.6 Å². The molecule has 0 radical (unpaired) electrons. The maximum Gasteiger partial charge on any atom is 0.530 e. The number of allylic oxidation sites excluding steroid dienone is 6. The molecule has 3 saturated heterocycles. The van der Waals surface area contributed by atoms with Gasteiger partial charge in [0.25, 0.3) is 0 Å². The molecular weight excluding hydrogens is 1350 g/mol. The van der Waals surface area contributed by atoms with E-state index in [0.717, 1.165) is 43.1 Å². The Morgan fingerprint density at radius 3 is 1.65 bits per heavy atom. The molecule has 0 spiro atoms. The summed E-state index contributed by atoms with van der Waals surface area (Å²) in [6.07, 6.45) is 10.3. The number of aliphatic hydroxyl groups is 1. The predicted octanol–water partition coefficient (Wildman–Crippen LogP) is 8.13. The van der Waals surface area contributed by atoms with Crippen LogP contribution >= 0.6 is 23.5 Å². The van der Waals surface area contributed by atoms with Gasteiger partial charge in [0.2, 0.25) is 0 Å². The van der Waals surface area contributed by atoms with Crippen LogP contribution < -0.4 is 17.2 Å². The normalized spacial score (nSPS) is 30.7. The zero-order valence-electron chi connectivity index (χ0n) is 55.3. The lowest BCUT2D eigenvalue weighted by molar-refractivity contribution is -0.152. The number of nitrogens with two attached hydrogens (primary N) is 3. The van der Waals surface area contributed by atoms with E-state index in [1.807, 2.05) is 0 Å². The van der Waals surface area contributed by atoms with Gasteiger partial charge in [-0.3, -0.25) is 50.8 Å². The monoisotopic (exact) mass is 1440 g/mol. The number of nitrogen functional groups attached to an aromatic ring is 3. The van der Waals surface area contributed by atoms with Crippen LogP contribution in [0.15, 0.2) is 85.6 Å². The van der Waals surface area contributed by atoms with Crippen molar-refractivity contribution in [3.63, 3.8) is 0 Å². The summed E-state index contributed by atoms with van der Waals surface area (Å²) < 4.78 is 103. The van der Waals surface area contributed by atoms with Crippen molar-refractivity contribution in [2.75, 3.05) is 37.0 Å². The average molecular weight is 1440 g/mol. The Kier molecular flexibility index (Phi) is 21.5. The SMILES string of the molecule is C=C1CC[C@H](OC(=O)CCC(=O)OP(=O)(O)O[C@@H]2C[C@@H](COP(=O)(O)O[C@@H]3C[C@@H](COP(=O)(O)O[C@@H]4C[C@@H](CO)O[C@H]4n4cnc5c(N)ncnc54)O[C@H]3n3cnc4c(N)ncnc43)O[C@H]2n2cnc3c(N)ncnc32)C/C1=C/C=C1/CCC[C@]2(C)[C@@H]([C@H](C)/C=C/[C@H](C)C(C)C)CC[C@@H]12. The van der Waals surface area contributed by atoms with Gasteiger partial charge in [0, 0.05) is 25.7 Å². The first-order valence-corrected chi connectivity index (χ1v) is 37.5. The zero-order chi connectivity index (χ0) is 70.3. The molecule has 37 heteroatoms. The molecule has 6 aromatic heterocycles. The molecule has 536 valence electrons. The number of phosphoric acid groups is 3. The van der Waals surface area contributed by atoms with Crippen molar-refractivity contribution in [1.29, 1.82) is 0 Å². The highest BCUT2D eigenvalue weighted by molar-refractivity contribution is 7.48. The molecule has 3 unspecified atom stereocenters. The minimum atomic E-state index is -5.36. The molecule has 6 fully saturated rings. The first-order chi connectivity index (χ1) is 47.1. The number of hydrogen-bond donors (Lipinski definition) is 7. The van der Waals surface area contributed by atoms with Crippen molar-refractivity contribution in [2.45, 2.75) is 180 Å². The fraction of sp³-hybridized carbons (Fsp3) is 0.597. The molecular formula is C62H84N15O19P3. The molecule has 3 saturated carbocycles. The molecule has 6 aliphatic rings. The second-order valence-corrected chi connectivity index (χ2v) is 31.0. The van der Waals surface area contributed by atoms with E-state index in [2.05, 4.69) is 110 Å². The largest absolute Gasteiger partial charge is 0.530 e. The number of phosphoric ester groups is 3. The maximum atomic E-state index is 14.1. The highest BCUT2D eigenvalue weighted by atomic mass is 31.2. The Morgan fingerprint density at radius 2 is 1.14 bits per heavy atom. The van der Waals surface area contributed by atoms with Gasteiger partial charge in [-0.15, -0.1) is 0 Å². The summed E-state index contributed by atoms with van der Waals surface area (Å²) in [5.74, 6) is 0.795. The molecule has 3 aliphatic carbocycles. The van der Waals surface area contributed by atoms with Crippen molar-refractivity contribution in [3.8, 4) is 0 Å². The van der Waals surface area contributed by atoms with Crippen molar-refractivity contribution < 1.29 is 89.2 Å². The summed E-state index contributed by atoms with van der Waals surface area (Å²) in [4.78, 5) is 97.7. The summed E-state index contributed by atoms with van der Waals surface area (Å²) in [5.41, 5.74) is 22.7. The number of hydrogen-bond acceptors (Lipinski definition) is 28. The van der Waals surface area contributed by atoms with Crippen molar-refractivity contribution in [2.24, 2.45) is 35.0 Å². The molecule has 0 amide bonds. The molecule has 12 rings (SSSR count). The Balaban J connectivity index is 0.664. The standard InChI is InChI=1S/C62H84N15O19P3/c1-33(2)34(3)9-10-36(5)43-15-16-44-37(8-7-19-62(43,44)6)12-13-38-20-39(14-11-35(38)4)89-48(79)17-18-49(80)96-99(85,86)95-47-23-42(92-61(47)77-32-74-52-55(65)68-29-71-58(52)77)26-88-98(83,84)94-46-22-41(91-60(46)76-31-73-51-54(64)67-28-70-57(51)76)25-87-97(81,82)93-45-21-40(24-78)90-59(45)75-30-72-50-53(63)66-27-69-56(50)75/h9-10,12-13,27-34,36,39-47,59-61,78H,4,7-8,11,14-26H2,1-3,5-6H3,(H,81,82)(H,83,84)(H,85,86)(H2,63,66,69)(H2,64,67,70)(H2,65,68,71)/b10-9+,37-12-,38-13-/t34-,36+,39-,40-,41-,42-,43+,44-,45+,46+,47+,59+,60+,61+,62+/m0/s1. The van der Waals surface area contributed by atoms with Crippen molar-refractivity contribution >= 4 is 86.4 Å². The molecule has 99 heavy (non-hydrogen) atoms. The Morgan fingerprint density at radius 1 is 0.657 bits per heavy atom. The number of carbonyl (C=O) groups excluding carboxylic acids is 2. The number of nitrogens with zero attached hydrogens (tertiary/aromatic N) is 12. The van der Waals surface area contributed by atoms with Gasteiger partial charge in [0.05, 0.1) is 70.0 Å². The van der Waals surface area contributed by atoms with E-state index in [1.165, 1.54) is 57.4 Å². The predicted molar refractivity (Wildman–Crippen MR) is 353 cm³/mol. The lowest BCUT2D eigenvalue weighted by atomic mass is 9.61. The number of fused-ring (bicyclic) bond motifs is 4. The third-order valence-electron chi connectivity index (χ3n) is 19.9. The van der Waals surface area contributed by atoms with Crippen LogP contribution in [0.25, 0.3) is 33.5 Å². The van der Waals surface area contributed by atoms with E-state index < -0.39 is 129 Å². The average Bonchev–Trinajstić information content (AvgIpc) is 1.65. The number of carbonyl (C=O) groups is 2. The smallest absolute Gasteiger partial charge is 0.462 e. The summed E-state index contributed by atoms with van der Waals surface area (Å²) in [5, 5.41) is 9.99. The lowest BCUT2D eigenvalue weighted by Gasteiger charge is -2.44. The Labute approximate surface area is 568 Å². The number of aliphatic hydroxyl groups excluding tert-OH is 1. The molecule has 10 N–H and O–H groups in total. The minimum absolute atomic E-state index is 0.00713. The topological polar surface area (TPSA) is 467 Å². The van der Waals surface area contributed by atoms with E-state index in [4.69, 9.17) is 63.3 Å². The molecule has 34 nitrogen and oxygen atoms in total. The number of anilines is 3. The number of ether oxygens (including phenoxy) is 4. The maximum absolute atomic E-state index is 14.1. The van der Waals surface area contributed by atoms with Gasteiger partial charge >= 0.3 is 35.4 Å². The first-order valence-electron chi connectivity index (χ1n) is 33.0. The van der Waals surface area contributed by atoms with Crippen LogP contribution in [0.5, 0.6) is 0 Å². The van der Waals surface area contributed by atoms with Crippen molar-refractivity contribution in [3.05, 3.63) is 85.6 Å². The summed E-state index contributed by atoms with van der Waals surface area (Å²) >= 11 is 0. The Hall–Kier alpha value is -6.84. The molecule has 0 bridgehead atoms. The fourth-order valence-corrected chi connectivity index (χ4v) is 17.4. The van der Waals surface area contributed by atoms with E-state index in [-0.39, 0.29) is 75.6 Å². The van der Waals surface area contributed by atoms with Gasteiger partial charge in [-0.25, -0.2) is 58.6 Å². The highest BCUT2D eigenvalue weighted by Crippen LogP contribution is 2.60. The quantitative estimate of drug-likeness (QED) is 0.0153. The van der Waals surface area contributed by atoms with Crippen LogP contribution in [0.3, 0.4) is 0 Å². The first kappa shape index (κ1) is 72.0. The van der Waals surface area contributed by atoms with E-state index in [1.54, 1.807) is 0 Å². The van der Waals surface area contributed by atoms with Gasteiger partial charge in [0.1, 0.15) is 59.9 Å². The van der Waals surface area contributed by atoms with Crippen LogP contribution in [0.1, 0.15) is 137 Å². The summed E-state index contributed by atoms with van der Waals surface area (Å²) in [6, 6.07) is 0. The van der Waals surface area contributed by atoms with Gasteiger partial charge < -0.3 is 55.6 Å². The third-order valence-corrected chi connectivity index (χ3v) is 22.9. The van der Waals surface area contributed by atoms with Gasteiger partial charge in [-0.05, 0) is 85.5 Å². The molecule has 18 atom stereocenters. The Bertz CT molecular complexity index is 4230. The van der Waals surface area contributed by atoms with E-state index in [9.17, 15) is 43.1 Å². The number of esters is 1. The van der Waals surface area contributed by atoms with Crippen LogP contribution in [-0.4, -0.2) is 153 Å². The van der Waals surface area contributed by atoms with E-state index >= 15 is 0 Å². The molecule has 0 aromatic carbocycles. The summed E-state index contributed by atoms with van der Waals surface area (Å²) in [6.45, 7) is 14.1. The third kappa shape index (κ3) is 16.1. The zero-order valence-corrected chi connectivity index (χ0v) is 58.0. The van der Waals surface area contributed by atoms with Crippen LogP contribution in [0, 0.1) is 35.0 Å². The molecule has 9 heterocycles. The molecule has 3 aliphatic heterocycles. The van der Waals surface area contributed by atoms with Gasteiger partial charge in [-0.2, -0.15) is 0 Å². The minimum Gasteiger partial charge on any atom is -0.462 e. The summed E-state index contributed by atoms with van der Waals surface area (Å²) in [7, 11) is -15.6. The van der Waals surface area contributed by atoms with Crippen molar-refractivity contribution in [1.82, 2.24) is 58.6 Å². The second kappa shape index (κ2) is 29.6. The highest BCUT2D eigenvalue weighted by Gasteiger charge is 2.52. The van der Waals surface area contributed by atoms with Gasteiger partial charge in [0.15, 0.2) is 53.1 Å². The number of rotatable bonds is 26. The van der Waals surface area contributed by atoms with E-state index in [0.29, 0.717) is 48.9 Å².